The van der Waals surface area contributed by atoms with Gasteiger partial charge in [-0.05, 0) is 12.1 Å². The van der Waals surface area contributed by atoms with Gasteiger partial charge in [0.1, 0.15) is 5.02 Å². The van der Waals surface area contributed by atoms with E-state index in [9.17, 15) is 0 Å². The summed E-state index contributed by atoms with van der Waals surface area (Å²) in [7, 11) is 1.51. The van der Waals surface area contributed by atoms with Gasteiger partial charge >= 0.3 is 0 Å². The van der Waals surface area contributed by atoms with E-state index in [2.05, 4.69) is 4.98 Å². The second kappa shape index (κ2) is 5.13. The van der Waals surface area contributed by atoms with Gasteiger partial charge in [0.25, 0.3) is 0 Å². The third kappa shape index (κ3) is 2.34. The fraction of sp³-hybridized carbons (Fsp3) is 0.0833. The Morgan fingerprint density at radius 1 is 1.00 bits per heavy atom. The molecule has 0 spiro atoms. The zero-order valence-corrected chi connectivity index (χ0v) is 11.1. The number of ether oxygens (including phenoxy) is 1. The fourth-order valence-corrected chi connectivity index (χ4v) is 2.18. The Morgan fingerprint density at radius 2 is 1.71 bits per heavy atom. The highest BCUT2D eigenvalue weighted by atomic mass is 35.5. The predicted molar refractivity (Wildman–Crippen MR) is 71.3 cm³/mol. The molecule has 2 nitrogen and oxygen atoms in total. The predicted octanol–water partition coefficient (Wildman–Crippen LogP) is 4.72. The van der Waals surface area contributed by atoms with Crippen molar-refractivity contribution in [3.63, 3.8) is 0 Å². The summed E-state index contributed by atoms with van der Waals surface area (Å²) in [4.78, 5) is 4.00. The van der Waals surface area contributed by atoms with Crippen LogP contribution < -0.4 is 4.74 Å². The first-order valence-electron chi connectivity index (χ1n) is 4.78. The molecule has 0 fully saturated rings. The minimum Gasteiger partial charge on any atom is -0.480 e. The number of benzene rings is 1. The number of hydrogen-bond acceptors (Lipinski definition) is 2. The molecular formula is C12H8Cl3NO. The number of halogens is 3. The summed E-state index contributed by atoms with van der Waals surface area (Å²) >= 11 is 18.3. The number of hydrogen-bond donors (Lipinski definition) is 0. The zero-order chi connectivity index (χ0) is 12.4. The van der Waals surface area contributed by atoms with E-state index in [0.29, 0.717) is 20.9 Å². The van der Waals surface area contributed by atoms with Crippen LogP contribution in [-0.4, -0.2) is 12.1 Å². The van der Waals surface area contributed by atoms with E-state index in [0.717, 1.165) is 11.1 Å². The van der Waals surface area contributed by atoms with Gasteiger partial charge in [-0.1, -0.05) is 46.9 Å². The number of rotatable bonds is 2. The fourth-order valence-electron chi connectivity index (χ4n) is 1.49. The van der Waals surface area contributed by atoms with Crippen molar-refractivity contribution in [1.82, 2.24) is 4.98 Å². The highest BCUT2D eigenvalue weighted by Gasteiger charge is 2.13. The summed E-state index contributed by atoms with van der Waals surface area (Å²) in [5.41, 5.74) is 1.50. The van der Waals surface area contributed by atoms with E-state index >= 15 is 0 Å². The molecule has 5 heteroatoms. The van der Waals surface area contributed by atoms with E-state index in [1.54, 1.807) is 18.3 Å². The molecule has 0 saturated heterocycles. The summed E-state index contributed by atoms with van der Waals surface area (Å²) in [5.74, 6) is 0.361. The van der Waals surface area contributed by atoms with E-state index in [4.69, 9.17) is 39.5 Å². The Balaban J connectivity index is 2.65. The summed E-state index contributed by atoms with van der Waals surface area (Å²) in [5, 5.41) is 1.36. The van der Waals surface area contributed by atoms with Gasteiger partial charge in [-0.3, -0.25) is 0 Å². The lowest BCUT2D eigenvalue weighted by Crippen LogP contribution is -1.91. The summed E-state index contributed by atoms with van der Waals surface area (Å²) in [6.07, 6.45) is 1.61. The first-order chi connectivity index (χ1) is 8.15. The molecule has 17 heavy (non-hydrogen) atoms. The van der Waals surface area contributed by atoms with Crippen molar-refractivity contribution >= 4 is 34.8 Å². The molecule has 0 aliphatic heterocycles. The molecule has 0 bridgehead atoms. The molecule has 2 rings (SSSR count). The molecule has 0 N–H and O–H groups in total. The standard InChI is InChI=1S/C12H8Cl3NO/c1-17-12-11(15)8(5-6-16-12)7-3-2-4-9(13)10(7)14/h2-6H,1H3. The number of pyridine rings is 1. The molecule has 2 aromatic rings. The van der Waals surface area contributed by atoms with Gasteiger partial charge < -0.3 is 4.74 Å². The third-order valence-corrected chi connectivity index (χ3v) is 3.48. The largest absolute Gasteiger partial charge is 0.480 e. The highest BCUT2D eigenvalue weighted by molar-refractivity contribution is 6.44. The number of aromatic nitrogens is 1. The van der Waals surface area contributed by atoms with Crippen LogP contribution in [0.5, 0.6) is 5.88 Å². The van der Waals surface area contributed by atoms with Crippen molar-refractivity contribution in [2.75, 3.05) is 7.11 Å². The van der Waals surface area contributed by atoms with Crippen molar-refractivity contribution in [2.45, 2.75) is 0 Å². The third-order valence-electron chi connectivity index (χ3n) is 2.29. The van der Waals surface area contributed by atoms with E-state index in [-0.39, 0.29) is 0 Å². The van der Waals surface area contributed by atoms with Crippen LogP contribution in [0, 0.1) is 0 Å². The second-order valence-corrected chi connectivity index (χ2v) is 4.45. The van der Waals surface area contributed by atoms with Gasteiger partial charge in [0.05, 0.1) is 17.2 Å². The van der Waals surface area contributed by atoms with Crippen molar-refractivity contribution in [1.29, 1.82) is 0 Å². The van der Waals surface area contributed by atoms with Crippen LogP contribution in [0.25, 0.3) is 11.1 Å². The maximum Gasteiger partial charge on any atom is 0.232 e. The SMILES string of the molecule is COc1nccc(-c2cccc(Cl)c2Cl)c1Cl. The molecule has 0 amide bonds. The Morgan fingerprint density at radius 3 is 2.41 bits per heavy atom. The van der Waals surface area contributed by atoms with Gasteiger partial charge in [0.2, 0.25) is 5.88 Å². The lowest BCUT2D eigenvalue weighted by Gasteiger charge is -2.09. The van der Waals surface area contributed by atoms with Gasteiger partial charge in [-0.25, -0.2) is 4.98 Å². The topological polar surface area (TPSA) is 22.1 Å². The molecule has 88 valence electrons. The highest BCUT2D eigenvalue weighted by Crippen LogP contribution is 2.39. The molecule has 0 radical (unpaired) electrons. The molecule has 1 heterocycles. The van der Waals surface area contributed by atoms with E-state index in [1.807, 2.05) is 12.1 Å². The van der Waals surface area contributed by atoms with E-state index in [1.165, 1.54) is 7.11 Å². The number of nitrogens with zero attached hydrogens (tertiary/aromatic N) is 1. The zero-order valence-electron chi connectivity index (χ0n) is 8.88. The lowest BCUT2D eigenvalue weighted by molar-refractivity contribution is 0.398. The van der Waals surface area contributed by atoms with Gasteiger partial charge in [-0.2, -0.15) is 0 Å². The quantitative estimate of drug-likeness (QED) is 0.798. The van der Waals surface area contributed by atoms with Gasteiger partial charge in [-0.15, -0.1) is 0 Å². The van der Waals surface area contributed by atoms with Crippen LogP contribution in [0.3, 0.4) is 0 Å². The first-order valence-corrected chi connectivity index (χ1v) is 5.91. The monoisotopic (exact) mass is 287 g/mol. The van der Waals surface area contributed by atoms with Crippen LogP contribution >= 0.6 is 34.8 Å². The average molecular weight is 289 g/mol. The minimum atomic E-state index is 0.361. The molecule has 0 aliphatic carbocycles. The van der Waals surface area contributed by atoms with Crippen LogP contribution in [0.2, 0.25) is 15.1 Å². The molecule has 0 atom stereocenters. The Bertz CT molecular complexity index is 557. The smallest absolute Gasteiger partial charge is 0.232 e. The van der Waals surface area contributed by atoms with Crippen LogP contribution in [0.1, 0.15) is 0 Å². The van der Waals surface area contributed by atoms with Crippen molar-refractivity contribution in [3.8, 4) is 17.0 Å². The Labute approximate surface area is 114 Å². The number of methoxy groups -OCH3 is 1. The van der Waals surface area contributed by atoms with Crippen LogP contribution in [0.4, 0.5) is 0 Å². The summed E-state index contributed by atoms with van der Waals surface area (Å²) in [6, 6.07) is 7.14. The molecular weight excluding hydrogens is 280 g/mol. The van der Waals surface area contributed by atoms with E-state index < -0.39 is 0 Å². The lowest BCUT2D eigenvalue weighted by atomic mass is 10.1. The van der Waals surface area contributed by atoms with Crippen LogP contribution in [-0.2, 0) is 0 Å². The van der Waals surface area contributed by atoms with Gasteiger partial charge in [0, 0.05) is 17.3 Å². The van der Waals surface area contributed by atoms with Crippen molar-refractivity contribution < 1.29 is 4.74 Å². The molecule has 0 aliphatic rings. The van der Waals surface area contributed by atoms with Crippen LogP contribution in [0.15, 0.2) is 30.5 Å². The molecule has 0 unspecified atom stereocenters. The molecule has 1 aromatic carbocycles. The summed E-state index contributed by atoms with van der Waals surface area (Å²) in [6.45, 7) is 0. The first kappa shape index (κ1) is 12.5. The maximum atomic E-state index is 6.18. The second-order valence-electron chi connectivity index (χ2n) is 3.28. The van der Waals surface area contributed by atoms with Crippen molar-refractivity contribution in [3.05, 3.63) is 45.5 Å². The Hall–Kier alpha value is -0.960. The Kier molecular flexibility index (Phi) is 3.77. The molecule has 0 saturated carbocycles. The minimum absolute atomic E-state index is 0.361. The normalized spacial score (nSPS) is 10.4. The van der Waals surface area contributed by atoms with Crippen molar-refractivity contribution in [2.24, 2.45) is 0 Å². The van der Waals surface area contributed by atoms with Gasteiger partial charge in [0.15, 0.2) is 0 Å². The summed E-state index contributed by atoms with van der Waals surface area (Å²) < 4.78 is 5.06. The maximum absolute atomic E-state index is 6.18. The molecule has 1 aromatic heterocycles. The average Bonchev–Trinajstić information content (AvgIpc) is 2.33.